The van der Waals surface area contributed by atoms with Crippen molar-refractivity contribution >= 4 is 16.7 Å². The first-order valence-electron chi connectivity index (χ1n) is 12.7. The Bertz CT molecular complexity index is 1270. The summed E-state index contributed by atoms with van der Waals surface area (Å²) < 4.78 is 3.24. The molecule has 0 amide bonds. The van der Waals surface area contributed by atoms with Crippen molar-refractivity contribution < 1.29 is 0 Å². The quantitative estimate of drug-likeness (QED) is 0.509. The summed E-state index contributed by atoms with van der Waals surface area (Å²) in [5.41, 5.74) is 4.72. The number of nitriles is 1. The van der Waals surface area contributed by atoms with Gasteiger partial charge in [-0.05, 0) is 37.3 Å². The van der Waals surface area contributed by atoms with Crippen molar-refractivity contribution in [3.05, 3.63) is 52.2 Å². The predicted molar refractivity (Wildman–Crippen MR) is 140 cm³/mol. The van der Waals surface area contributed by atoms with E-state index < -0.39 is 0 Å². The second-order valence-electron chi connectivity index (χ2n) is 9.97. The van der Waals surface area contributed by atoms with Gasteiger partial charge in [0.05, 0.1) is 23.5 Å². The first-order chi connectivity index (χ1) is 16.8. The van der Waals surface area contributed by atoms with Crippen LogP contribution in [0.25, 0.3) is 11.0 Å². The number of fused-ring (bicyclic) bond motifs is 1. The van der Waals surface area contributed by atoms with E-state index in [-0.39, 0.29) is 24.2 Å². The molecule has 1 saturated heterocycles. The number of piperazine rings is 1. The molecule has 3 atom stereocenters. The average molecular weight is 476 g/mol. The number of anilines is 1. The van der Waals surface area contributed by atoms with Crippen molar-refractivity contribution in [2.24, 2.45) is 7.05 Å². The van der Waals surface area contributed by atoms with Crippen LogP contribution in [0.1, 0.15) is 70.7 Å². The van der Waals surface area contributed by atoms with Gasteiger partial charge < -0.3 is 9.47 Å². The van der Waals surface area contributed by atoms with Crippen LogP contribution in [-0.4, -0.2) is 49.4 Å². The van der Waals surface area contributed by atoms with Crippen molar-refractivity contribution in [1.29, 1.82) is 5.26 Å². The van der Waals surface area contributed by atoms with Crippen LogP contribution in [0.3, 0.4) is 0 Å². The molecule has 186 valence electrons. The molecule has 1 aliphatic rings. The summed E-state index contributed by atoms with van der Waals surface area (Å²) in [6.45, 7) is 12.9. The number of nitrogens with zero attached hydrogens (tertiary/aromatic N) is 7. The summed E-state index contributed by atoms with van der Waals surface area (Å²) >= 11 is 0. The lowest BCUT2D eigenvalue weighted by atomic mass is 9.96. The van der Waals surface area contributed by atoms with Crippen LogP contribution in [0.2, 0.25) is 0 Å². The minimum Gasteiger partial charge on any atom is -0.364 e. The van der Waals surface area contributed by atoms with E-state index in [2.05, 4.69) is 62.6 Å². The third-order valence-corrected chi connectivity index (χ3v) is 7.54. The SMILES string of the molecule is CC[C@H]1CN([C@H](C)c2ccc(C(C)C)nc2)[C@H](CC)CN1c1cc(=O)n(C)c2cn(CC#N)nc12. The molecule has 0 aromatic carbocycles. The lowest BCUT2D eigenvalue weighted by Gasteiger charge is -2.49. The lowest BCUT2D eigenvalue weighted by molar-refractivity contribution is 0.101. The average Bonchev–Trinajstić information content (AvgIpc) is 3.29. The molecule has 0 N–H and O–H groups in total. The highest BCUT2D eigenvalue weighted by atomic mass is 16.1. The third-order valence-electron chi connectivity index (χ3n) is 7.54. The highest BCUT2D eigenvalue weighted by Crippen LogP contribution is 2.34. The summed E-state index contributed by atoms with van der Waals surface area (Å²) in [4.78, 5) is 22.5. The molecule has 1 aliphatic heterocycles. The highest BCUT2D eigenvalue weighted by Gasteiger charge is 2.36. The smallest absolute Gasteiger partial charge is 0.252 e. The minimum atomic E-state index is -0.0565. The molecular weight excluding hydrogens is 438 g/mol. The number of aromatic nitrogens is 4. The van der Waals surface area contributed by atoms with Gasteiger partial charge >= 0.3 is 0 Å². The molecule has 3 aromatic rings. The van der Waals surface area contributed by atoms with Gasteiger partial charge in [-0.15, -0.1) is 0 Å². The topological polar surface area (TPSA) is 83.0 Å². The van der Waals surface area contributed by atoms with Crippen molar-refractivity contribution in [3.63, 3.8) is 0 Å². The van der Waals surface area contributed by atoms with Gasteiger partial charge in [-0.3, -0.25) is 19.4 Å². The Hall–Kier alpha value is -3.18. The summed E-state index contributed by atoms with van der Waals surface area (Å²) in [7, 11) is 1.76. The standard InChI is InChI=1S/C27H37N7O/c1-7-21-16-34(24-13-26(35)31(6)25-17-32(12-11-28)30-27(24)25)22(8-2)15-33(21)19(5)20-9-10-23(18(3)4)29-14-20/h9-10,13-14,17-19,21-22H,7-8,12,15-16H2,1-6H3/t19-,21-,22+/m1/s1. The van der Waals surface area contributed by atoms with E-state index in [1.54, 1.807) is 28.6 Å². The van der Waals surface area contributed by atoms with Crippen LogP contribution in [0.4, 0.5) is 5.69 Å². The molecule has 0 aliphatic carbocycles. The van der Waals surface area contributed by atoms with Gasteiger partial charge in [-0.25, -0.2) is 0 Å². The predicted octanol–water partition coefficient (Wildman–Crippen LogP) is 4.22. The summed E-state index contributed by atoms with van der Waals surface area (Å²) in [6, 6.07) is 9.07. The van der Waals surface area contributed by atoms with Crippen molar-refractivity contribution in [2.75, 3.05) is 18.0 Å². The Morgan fingerprint density at radius 2 is 1.89 bits per heavy atom. The number of hydrogen-bond acceptors (Lipinski definition) is 6. The van der Waals surface area contributed by atoms with Gasteiger partial charge in [0.1, 0.15) is 12.1 Å². The van der Waals surface area contributed by atoms with E-state index in [4.69, 9.17) is 15.3 Å². The van der Waals surface area contributed by atoms with Gasteiger partial charge in [0.15, 0.2) is 0 Å². The number of hydrogen-bond donors (Lipinski definition) is 0. The minimum absolute atomic E-state index is 0.0565. The Balaban J connectivity index is 1.69. The van der Waals surface area contributed by atoms with Gasteiger partial charge in [-0.2, -0.15) is 10.4 Å². The lowest BCUT2D eigenvalue weighted by Crippen LogP contribution is -2.58. The van der Waals surface area contributed by atoms with Crippen LogP contribution >= 0.6 is 0 Å². The molecule has 8 heteroatoms. The number of pyridine rings is 2. The van der Waals surface area contributed by atoms with Crippen molar-refractivity contribution in [1.82, 2.24) is 24.2 Å². The zero-order valence-corrected chi connectivity index (χ0v) is 21.8. The van der Waals surface area contributed by atoms with E-state index in [1.165, 1.54) is 5.56 Å². The largest absolute Gasteiger partial charge is 0.364 e. The van der Waals surface area contributed by atoms with Crippen LogP contribution in [0.15, 0.2) is 35.4 Å². The van der Waals surface area contributed by atoms with E-state index in [0.29, 0.717) is 12.0 Å². The Labute approximate surface area is 207 Å². The molecule has 35 heavy (non-hydrogen) atoms. The van der Waals surface area contributed by atoms with Crippen LogP contribution in [0.5, 0.6) is 0 Å². The van der Waals surface area contributed by atoms with E-state index >= 15 is 0 Å². The first-order valence-corrected chi connectivity index (χ1v) is 12.7. The maximum atomic E-state index is 12.9. The van der Waals surface area contributed by atoms with E-state index in [0.717, 1.165) is 48.3 Å². The molecular formula is C27H37N7O. The summed E-state index contributed by atoms with van der Waals surface area (Å²) in [6.07, 6.45) is 5.80. The van der Waals surface area contributed by atoms with Gasteiger partial charge in [0, 0.05) is 56.2 Å². The fraction of sp³-hybridized carbons (Fsp3) is 0.556. The van der Waals surface area contributed by atoms with Gasteiger partial charge in [0.25, 0.3) is 5.56 Å². The van der Waals surface area contributed by atoms with Crippen molar-refractivity contribution in [2.45, 2.75) is 78.0 Å². The summed E-state index contributed by atoms with van der Waals surface area (Å²) in [5.74, 6) is 0.419. The van der Waals surface area contributed by atoms with Crippen LogP contribution in [-0.2, 0) is 13.6 Å². The van der Waals surface area contributed by atoms with E-state index in [9.17, 15) is 4.79 Å². The molecule has 0 radical (unpaired) electrons. The first kappa shape index (κ1) is 24.9. The van der Waals surface area contributed by atoms with E-state index in [1.807, 2.05) is 6.20 Å². The monoisotopic (exact) mass is 475 g/mol. The molecule has 1 fully saturated rings. The highest BCUT2D eigenvalue weighted by molar-refractivity contribution is 5.88. The molecule has 0 bridgehead atoms. The zero-order chi connectivity index (χ0) is 25.3. The van der Waals surface area contributed by atoms with Crippen LogP contribution in [0, 0.1) is 11.3 Å². The molecule has 4 rings (SSSR count). The maximum Gasteiger partial charge on any atom is 0.252 e. The second-order valence-corrected chi connectivity index (χ2v) is 9.97. The Kier molecular flexibility index (Phi) is 7.27. The molecule has 8 nitrogen and oxygen atoms in total. The zero-order valence-electron chi connectivity index (χ0n) is 21.8. The normalized spacial score (nSPS) is 19.9. The second kappa shape index (κ2) is 10.2. The van der Waals surface area contributed by atoms with Gasteiger partial charge in [-0.1, -0.05) is 33.8 Å². The van der Waals surface area contributed by atoms with Crippen molar-refractivity contribution in [3.8, 4) is 6.07 Å². The number of rotatable bonds is 7. The fourth-order valence-electron chi connectivity index (χ4n) is 5.26. The summed E-state index contributed by atoms with van der Waals surface area (Å²) in [5, 5.41) is 13.8. The third kappa shape index (κ3) is 4.70. The van der Waals surface area contributed by atoms with Crippen LogP contribution < -0.4 is 10.5 Å². The maximum absolute atomic E-state index is 12.9. The molecule has 0 saturated carbocycles. The number of aryl methyl sites for hydroxylation is 1. The Morgan fingerprint density at radius 1 is 1.14 bits per heavy atom. The molecule has 0 spiro atoms. The van der Waals surface area contributed by atoms with Gasteiger partial charge in [0.2, 0.25) is 0 Å². The Morgan fingerprint density at radius 3 is 2.49 bits per heavy atom. The molecule has 4 heterocycles. The molecule has 0 unspecified atom stereocenters. The fourth-order valence-corrected chi connectivity index (χ4v) is 5.26. The molecule has 3 aromatic heterocycles.